The summed E-state index contributed by atoms with van der Waals surface area (Å²) in [7, 11) is -1.21. The average Bonchev–Trinajstić information content (AvgIpc) is 2.99. The molecule has 0 saturated carbocycles. The van der Waals surface area contributed by atoms with E-state index in [1.807, 2.05) is 24.3 Å². The third-order valence-electron chi connectivity index (χ3n) is 3.31. The van der Waals surface area contributed by atoms with Crippen molar-refractivity contribution < 1.29 is 13.4 Å². The summed E-state index contributed by atoms with van der Waals surface area (Å²) in [5, 5.41) is 2.70. The summed E-state index contributed by atoms with van der Waals surface area (Å²) in [5.74, 6) is 1.34. The fraction of sp³-hybridized carbons (Fsp3) is 0.353. The normalized spacial score (nSPS) is 12.3. The summed E-state index contributed by atoms with van der Waals surface area (Å²) in [6.07, 6.45) is 1.56. The Morgan fingerprint density at radius 3 is 2.55 bits per heavy atom. The van der Waals surface area contributed by atoms with Gasteiger partial charge in [-0.15, -0.1) is 0 Å². The Hall–Kier alpha value is -1.88. The van der Waals surface area contributed by atoms with Crippen LogP contribution in [-0.4, -0.2) is 15.9 Å². The van der Waals surface area contributed by atoms with E-state index in [-0.39, 0.29) is 11.7 Å². The molecule has 4 nitrogen and oxygen atoms in total. The molecule has 0 aliphatic carbocycles. The molecule has 5 heteroatoms. The molecule has 0 unspecified atom stereocenters. The highest BCUT2D eigenvalue weighted by Crippen LogP contribution is 2.15. The molecule has 22 heavy (non-hydrogen) atoms. The Morgan fingerprint density at radius 2 is 1.95 bits per heavy atom. The van der Waals surface area contributed by atoms with Crippen LogP contribution in [0.5, 0.6) is 0 Å². The second-order valence-electron chi connectivity index (χ2n) is 5.48. The molecule has 1 atom stereocenters. The van der Waals surface area contributed by atoms with Crippen molar-refractivity contribution >= 4 is 16.7 Å². The van der Waals surface area contributed by atoms with Gasteiger partial charge in [0.1, 0.15) is 11.5 Å². The van der Waals surface area contributed by atoms with Crippen LogP contribution in [0.4, 0.5) is 0 Å². The zero-order chi connectivity index (χ0) is 15.9. The van der Waals surface area contributed by atoms with Gasteiger partial charge in [0.25, 0.3) is 0 Å². The number of benzene rings is 1. The molecule has 2 aromatic rings. The highest BCUT2D eigenvalue weighted by Gasteiger charge is 2.09. The van der Waals surface area contributed by atoms with E-state index in [1.165, 1.54) is 5.56 Å². The molecule has 1 N–H and O–H groups in total. The smallest absolute Gasteiger partial charge is 0.233 e. The largest absolute Gasteiger partial charge is 0.467 e. The van der Waals surface area contributed by atoms with E-state index in [2.05, 4.69) is 19.2 Å². The van der Waals surface area contributed by atoms with Crippen molar-refractivity contribution in [1.29, 1.82) is 0 Å². The first kappa shape index (κ1) is 16.5. The van der Waals surface area contributed by atoms with Gasteiger partial charge in [0.15, 0.2) is 0 Å². The summed E-state index contributed by atoms with van der Waals surface area (Å²) < 4.78 is 17.2. The van der Waals surface area contributed by atoms with Crippen molar-refractivity contribution in [1.82, 2.24) is 5.32 Å². The van der Waals surface area contributed by atoms with E-state index in [9.17, 15) is 9.00 Å². The van der Waals surface area contributed by atoms with E-state index < -0.39 is 10.8 Å². The minimum absolute atomic E-state index is 0.00659. The Balaban J connectivity index is 1.78. The van der Waals surface area contributed by atoms with Gasteiger partial charge in [-0.1, -0.05) is 38.1 Å². The van der Waals surface area contributed by atoms with Crippen LogP contribution in [0, 0.1) is 0 Å². The van der Waals surface area contributed by atoms with Crippen molar-refractivity contribution in [2.24, 2.45) is 0 Å². The molecule has 0 bridgehead atoms. The molecule has 118 valence electrons. The molecule has 0 spiro atoms. The topological polar surface area (TPSA) is 59.3 Å². The number of furan rings is 1. The van der Waals surface area contributed by atoms with Crippen LogP contribution in [0.15, 0.2) is 47.1 Å². The zero-order valence-corrected chi connectivity index (χ0v) is 13.7. The summed E-state index contributed by atoms with van der Waals surface area (Å²) >= 11 is 0. The van der Waals surface area contributed by atoms with Gasteiger partial charge in [0, 0.05) is 16.6 Å². The Labute approximate surface area is 133 Å². The maximum absolute atomic E-state index is 12.0. The molecule has 0 aliphatic rings. The Bertz CT molecular complexity index is 618. The molecule has 0 radical (unpaired) electrons. The van der Waals surface area contributed by atoms with E-state index >= 15 is 0 Å². The third-order valence-corrected chi connectivity index (χ3v) is 4.55. The van der Waals surface area contributed by atoms with Gasteiger partial charge in [-0.25, -0.2) is 0 Å². The summed E-state index contributed by atoms with van der Waals surface area (Å²) in [4.78, 5) is 11.7. The molecular weight excluding hydrogens is 298 g/mol. The lowest BCUT2D eigenvalue weighted by atomic mass is 10.0. The Morgan fingerprint density at radius 1 is 1.23 bits per heavy atom. The fourth-order valence-electron chi connectivity index (χ4n) is 2.03. The van der Waals surface area contributed by atoms with E-state index in [0.29, 0.717) is 24.0 Å². The van der Waals surface area contributed by atoms with E-state index in [0.717, 1.165) is 5.56 Å². The van der Waals surface area contributed by atoms with Crippen LogP contribution in [0.3, 0.4) is 0 Å². The van der Waals surface area contributed by atoms with Crippen LogP contribution < -0.4 is 5.32 Å². The quantitative estimate of drug-likeness (QED) is 0.853. The average molecular weight is 319 g/mol. The van der Waals surface area contributed by atoms with E-state index in [1.54, 1.807) is 18.4 Å². The van der Waals surface area contributed by atoms with Gasteiger partial charge in [-0.3, -0.25) is 9.00 Å². The Kier molecular flexibility index (Phi) is 5.95. The van der Waals surface area contributed by atoms with Crippen LogP contribution >= 0.6 is 0 Å². The monoisotopic (exact) mass is 319 g/mol. The third kappa shape index (κ3) is 5.15. The number of amides is 1. The van der Waals surface area contributed by atoms with Crippen molar-refractivity contribution in [3.8, 4) is 0 Å². The molecule has 2 rings (SSSR count). The van der Waals surface area contributed by atoms with Gasteiger partial charge in [0.05, 0.1) is 12.8 Å². The maximum Gasteiger partial charge on any atom is 0.233 e. The SMILES string of the molecule is CC(C)c1ccc(C[S@@](=O)CC(=O)NCc2ccco2)cc1. The number of carbonyl (C=O) groups excluding carboxylic acids is 1. The molecule has 1 heterocycles. The van der Waals surface area contributed by atoms with Crippen molar-refractivity contribution in [3.05, 3.63) is 59.5 Å². The van der Waals surface area contributed by atoms with Crippen LogP contribution in [0.2, 0.25) is 0 Å². The fourth-order valence-corrected chi connectivity index (χ4v) is 3.09. The van der Waals surface area contributed by atoms with Gasteiger partial charge in [0.2, 0.25) is 5.91 Å². The van der Waals surface area contributed by atoms with Gasteiger partial charge >= 0.3 is 0 Å². The minimum atomic E-state index is -1.21. The lowest BCUT2D eigenvalue weighted by Crippen LogP contribution is -2.28. The summed E-state index contributed by atoms with van der Waals surface area (Å²) in [6.45, 7) is 4.60. The standard InChI is InChI=1S/C17H21NO3S/c1-13(2)15-7-5-14(6-8-15)11-22(20)12-17(19)18-10-16-4-3-9-21-16/h3-9,13H,10-12H2,1-2H3,(H,18,19)/t22-/m1/s1. The van der Waals surface area contributed by atoms with Crippen molar-refractivity contribution in [2.75, 3.05) is 5.75 Å². The lowest BCUT2D eigenvalue weighted by Gasteiger charge is -2.07. The van der Waals surface area contributed by atoms with E-state index in [4.69, 9.17) is 4.42 Å². The number of rotatable bonds is 7. The van der Waals surface area contributed by atoms with Gasteiger partial charge in [-0.2, -0.15) is 0 Å². The first-order valence-electron chi connectivity index (χ1n) is 7.27. The first-order chi connectivity index (χ1) is 10.5. The second kappa shape index (κ2) is 7.94. The van der Waals surface area contributed by atoms with Crippen LogP contribution in [0.1, 0.15) is 36.7 Å². The first-order valence-corrected chi connectivity index (χ1v) is 8.76. The predicted molar refractivity (Wildman–Crippen MR) is 87.8 cm³/mol. The molecule has 1 aromatic carbocycles. The van der Waals surface area contributed by atoms with Crippen LogP contribution in [0.25, 0.3) is 0 Å². The predicted octanol–water partition coefficient (Wildman–Crippen LogP) is 2.97. The number of hydrogen-bond acceptors (Lipinski definition) is 3. The molecule has 0 saturated heterocycles. The minimum Gasteiger partial charge on any atom is -0.467 e. The maximum atomic E-state index is 12.0. The van der Waals surface area contributed by atoms with Crippen LogP contribution in [-0.2, 0) is 27.9 Å². The molecule has 1 amide bonds. The van der Waals surface area contributed by atoms with Crippen molar-refractivity contribution in [2.45, 2.75) is 32.1 Å². The van der Waals surface area contributed by atoms with Gasteiger partial charge in [-0.05, 0) is 29.2 Å². The summed E-state index contributed by atoms with van der Waals surface area (Å²) in [6, 6.07) is 11.6. The molecule has 0 aliphatic heterocycles. The number of hydrogen-bond donors (Lipinski definition) is 1. The summed E-state index contributed by atoms with van der Waals surface area (Å²) in [5.41, 5.74) is 2.24. The zero-order valence-electron chi connectivity index (χ0n) is 12.9. The number of carbonyl (C=O) groups is 1. The van der Waals surface area contributed by atoms with Crippen molar-refractivity contribution in [3.63, 3.8) is 0 Å². The van der Waals surface area contributed by atoms with Gasteiger partial charge < -0.3 is 9.73 Å². The highest BCUT2D eigenvalue weighted by atomic mass is 32.2. The molecule has 1 aromatic heterocycles. The highest BCUT2D eigenvalue weighted by molar-refractivity contribution is 7.84. The molecule has 0 fully saturated rings. The second-order valence-corrected chi connectivity index (χ2v) is 6.94. The number of nitrogens with one attached hydrogen (secondary N) is 1. The lowest BCUT2D eigenvalue weighted by molar-refractivity contribution is -0.118. The molecular formula is C17H21NO3S.